The molecule has 0 aromatic rings. The molecule has 504 valence electrons. The molecule has 0 spiro atoms. The number of carboxylic acids is 1. The van der Waals surface area contributed by atoms with Crippen LogP contribution >= 0.6 is 0 Å². The average molecular weight is 1300 g/mol. The van der Waals surface area contributed by atoms with Gasteiger partial charge in [0.15, 0.2) is 50.1 Å². The van der Waals surface area contributed by atoms with Gasteiger partial charge in [-0.2, -0.15) is 8.42 Å². The summed E-state index contributed by atoms with van der Waals surface area (Å²) in [4.78, 5) is 37.4. The van der Waals surface area contributed by atoms with Gasteiger partial charge in [0.25, 0.3) is 0 Å². The lowest BCUT2D eigenvalue weighted by Crippen LogP contribution is -2.70. The number of aliphatic hydroxyl groups excluding tert-OH is 17. The van der Waals surface area contributed by atoms with Gasteiger partial charge in [0, 0.05) is 13.8 Å². The minimum atomic E-state index is -5.28. The maximum atomic E-state index is 12.8. The Balaban J connectivity index is 1.21. The Hall–Kier alpha value is -2.92. The van der Waals surface area contributed by atoms with Crippen molar-refractivity contribution in [3.05, 3.63) is 0 Å². The number of ether oxygens (including phenoxy) is 13. The molecule has 2 amide bonds. The summed E-state index contributed by atoms with van der Waals surface area (Å²) in [5, 5.41) is 201. The lowest BCUT2D eigenvalue weighted by Gasteiger charge is -2.51. The van der Waals surface area contributed by atoms with Crippen LogP contribution in [0.3, 0.4) is 0 Å². The van der Waals surface area contributed by atoms with E-state index >= 15 is 0 Å². The van der Waals surface area contributed by atoms with E-state index in [4.69, 9.17) is 61.6 Å². The van der Waals surface area contributed by atoms with Crippen LogP contribution in [0.15, 0.2) is 0 Å². The molecule has 7 rings (SSSR count). The molecule has 0 aromatic carbocycles. The summed E-state index contributed by atoms with van der Waals surface area (Å²) in [6.45, 7) is -0.190. The predicted octanol–water partition coefficient (Wildman–Crippen LogP) is -14.0. The van der Waals surface area contributed by atoms with Crippen molar-refractivity contribution in [2.75, 3.05) is 26.4 Å². The zero-order valence-corrected chi connectivity index (χ0v) is 47.0. The number of hydrogen-bond acceptors (Lipinski definition) is 36. The lowest BCUT2D eigenvalue weighted by atomic mass is 9.94. The highest BCUT2D eigenvalue weighted by atomic mass is 32.3. The van der Waals surface area contributed by atoms with Gasteiger partial charge >= 0.3 is 16.4 Å². The molecule has 21 N–H and O–H groups in total. The second kappa shape index (κ2) is 29.8. The van der Waals surface area contributed by atoms with Crippen molar-refractivity contribution in [2.45, 2.75) is 243 Å². The third-order valence-electron chi connectivity index (χ3n) is 15.4. The molecule has 87 heavy (non-hydrogen) atoms. The van der Waals surface area contributed by atoms with Crippen LogP contribution in [0.1, 0.15) is 27.7 Å². The molecule has 1 unspecified atom stereocenters. The minimum Gasteiger partial charge on any atom is -0.479 e. The Morgan fingerprint density at radius 1 is 0.414 bits per heavy atom. The highest BCUT2D eigenvalue weighted by molar-refractivity contribution is 7.80. The number of aliphatic hydroxyl groups is 17. The molecule has 35 atom stereocenters. The zero-order chi connectivity index (χ0) is 64.6. The van der Waals surface area contributed by atoms with Crippen molar-refractivity contribution in [3.63, 3.8) is 0 Å². The Kier molecular flexibility index (Phi) is 24.5. The summed E-state index contributed by atoms with van der Waals surface area (Å²) in [6.07, 6.45) is -68.2. The Morgan fingerprint density at radius 2 is 0.805 bits per heavy atom. The van der Waals surface area contributed by atoms with Crippen molar-refractivity contribution in [3.8, 4) is 0 Å². The van der Waals surface area contributed by atoms with Crippen molar-refractivity contribution in [1.82, 2.24) is 10.6 Å². The Bertz CT molecular complexity index is 2380. The van der Waals surface area contributed by atoms with Crippen LogP contribution in [-0.4, -0.2) is 364 Å². The Labute approximate surface area is 491 Å². The fourth-order valence-corrected chi connectivity index (χ4v) is 11.0. The molecular formula is C46H76N2O38S. The molecule has 41 heteroatoms. The third kappa shape index (κ3) is 16.1. The van der Waals surface area contributed by atoms with Crippen LogP contribution in [-0.2, 0) is 90.5 Å². The van der Waals surface area contributed by atoms with E-state index in [0.717, 1.165) is 13.8 Å². The van der Waals surface area contributed by atoms with Gasteiger partial charge in [-0.3, -0.25) is 14.1 Å². The Morgan fingerprint density at radius 3 is 1.31 bits per heavy atom. The first-order valence-corrected chi connectivity index (χ1v) is 28.3. The maximum Gasteiger partial charge on any atom is 0.397 e. The van der Waals surface area contributed by atoms with Gasteiger partial charge in [0.1, 0.15) is 152 Å². The molecular weight excluding hydrogens is 1220 g/mol. The highest BCUT2D eigenvalue weighted by Gasteiger charge is 2.59. The SMILES string of the molecule is CC(=O)N[C@H]1[C@H](OC[C@H]2OC(O)[C@H](NC(C)=O)[C@@H](O[C@@H]3O[C@H](CO)[C@H](O)[C@H](O[C@@H]4O[C@H](CO)[C@H](O)[C@H](O[C@@H]5O[C@H](C(=O)O)[C@@H](O)[C@H](O)[C@H]5O)[C@H]4O)[C@H]3O[C@@H]3O[C@@H](C)[C@@H](O)[C@@H](O)[C@@H]3O)[C@H]2O)O[C@H](COS(=O)(=O)O)[C@@H](O)[C@@H]1O[C@@H]1O[C@@H](C)[C@@H](O)[C@@H](O)[C@@H]1O. The number of carbonyl (C=O) groups excluding carboxylic acids is 2. The standard InChI is InChI=1S/C46H76N2O38S/c1-9-19(53)25(59)29(63)42(75-9)81-34-18(48-12(4)52)41(80-16(24(34)58)8-74-87(70,71)72)73-7-15-23(57)33(17(40(69)77-15)47-11(3)51)82-46-38(86-43-30(64)26(60)20(54)10(2)76-43)36(22(56)14(6-50)79-46)84-45-32(66)35(21(55)13(5-49)78-45)83-44-31(65)27(61)28(62)37(85-44)39(67)68/h9-10,13-38,40-46,49-50,53-66,69H,5-8H2,1-4H3,(H,47,51)(H,48,52)(H,67,68)(H,70,71,72)/t9-,10-,13+,14+,15+,16+,17+,18+,19+,20+,21-,22-,23-,24+,25+,26+,27-,28-,29-,30-,31+,32+,33+,34+,35-,36-,37-,38+,40?,41+,42-,43-,44+,45-,46-/m0/s1. The number of hydrogen-bond donors (Lipinski definition) is 21. The normalized spacial score (nSPS) is 49.1. The van der Waals surface area contributed by atoms with Crippen molar-refractivity contribution < 1.29 is 185 Å². The van der Waals surface area contributed by atoms with Gasteiger partial charge in [-0.1, -0.05) is 0 Å². The fourth-order valence-electron chi connectivity index (χ4n) is 10.7. The van der Waals surface area contributed by atoms with Crippen molar-refractivity contribution in [1.29, 1.82) is 0 Å². The van der Waals surface area contributed by atoms with E-state index in [1.165, 1.54) is 13.8 Å². The van der Waals surface area contributed by atoms with E-state index in [1.807, 2.05) is 0 Å². The van der Waals surface area contributed by atoms with Crippen LogP contribution in [0.5, 0.6) is 0 Å². The first-order valence-electron chi connectivity index (χ1n) is 27.0. The van der Waals surface area contributed by atoms with Crippen LogP contribution in [0.4, 0.5) is 0 Å². The topological polar surface area (TPSA) is 623 Å². The van der Waals surface area contributed by atoms with Gasteiger partial charge < -0.3 is 164 Å². The molecule has 0 bridgehead atoms. The largest absolute Gasteiger partial charge is 0.479 e. The number of rotatable bonds is 21. The maximum absolute atomic E-state index is 12.8. The van der Waals surface area contributed by atoms with E-state index in [0.29, 0.717) is 0 Å². The van der Waals surface area contributed by atoms with E-state index < -0.39 is 269 Å². The number of nitrogens with one attached hydrogen (secondary N) is 2. The molecule has 7 fully saturated rings. The summed E-state index contributed by atoms with van der Waals surface area (Å²) < 4.78 is 112. The van der Waals surface area contributed by atoms with Gasteiger partial charge in [-0.05, 0) is 13.8 Å². The summed E-state index contributed by atoms with van der Waals surface area (Å²) in [5.74, 6) is -3.69. The quantitative estimate of drug-likeness (QED) is 0.0475. The average Bonchev–Trinajstić information content (AvgIpc) is 1.72. The first kappa shape index (κ1) is 71.5. The number of amides is 2. The third-order valence-corrected chi connectivity index (χ3v) is 15.9. The minimum absolute atomic E-state index is 0.893. The second-order valence-electron chi connectivity index (χ2n) is 21.6. The monoisotopic (exact) mass is 1300 g/mol. The number of carbonyl (C=O) groups is 3. The number of carboxylic acid groups (broad SMARTS) is 1. The van der Waals surface area contributed by atoms with Gasteiger partial charge in [-0.25, -0.2) is 8.98 Å². The van der Waals surface area contributed by atoms with E-state index in [1.54, 1.807) is 0 Å². The lowest BCUT2D eigenvalue weighted by molar-refractivity contribution is -0.405. The molecule has 7 saturated heterocycles. The summed E-state index contributed by atoms with van der Waals surface area (Å²) in [5.41, 5.74) is 0. The molecule has 40 nitrogen and oxygen atoms in total. The van der Waals surface area contributed by atoms with Crippen LogP contribution < -0.4 is 10.6 Å². The zero-order valence-electron chi connectivity index (χ0n) is 46.2. The molecule has 7 aliphatic rings. The van der Waals surface area contributed by atoms with Gasteiger partial charge in [0.2, 0.25) is 11.8 Å². The van der Waals surface area contributed by atoms with Crippen LogP contribution in [0.2, 0.25) is 0 Å². The van der Waals surface area contributed by atoms with Gasteiger partial charge in [-0.15, -0.1) is 0 Å². The molecule has 0 aliphatic carbocycles. The van der Waals surface area contributed by atoms with E-state index in [-0.39, 0.29) is 0 Å². The fraction of sp³-hybridized carbons (Fsp3) is 0.935. The molecule has 0 saturated carbocycles. The summed E-state index contributed by atoms with van der Waals surface area (Å²) in [7, 11) is -5.28. The first-order chi connectivity index (χ1) is 40.7. The van der Waals surface area contributed by atoms with E-state index in [2.05, 4.69) is 14.8 Å². The highest BCUT2D eigenvalue weighted by Crippen LogP contribution is 2.38. The van der Waals surface area contributed by atoms with E-state index in [9.17, 15) is 119 Å². The summed E-state index contributed by atoms with van der Waals surface area (Å²) >= 11 is 0. The van der Waals surface area contributed by atoms with Crippen molar-refractivity contribution in [2.24, 2.45) is 0 Å². The molecule has 0 radical (unpaired) electrons. The molecule has 7 aliphatic heterocycles. The van der Waals surface area contributed by atoms with Crippen LogP contribution in [0.25, 0.3) is 0 Å². The number of aliphatic carboxylic acids is 1. The second-order valence-corrected chi connectivity index (χ2v) is 22.7. The van der Waals surface area contributed by atoms with Crippen molar-refractivity contribution >= 4 is 28.2 Å². The van der Waals surface area contributed by atoms with Crippen LogP contribution in [0, 0.1) is 0 Å². The smallest absolute Gasteiger partial charge is 0.397 e. The van der Waals surface area contributed by atoms with Gasteiger partial charge in [0.05, 0.1) is 38.6 Å². The predicted molar refractivity (Wildman–Crippen MR) is 263 cm³/mol. The molecule has 7 heterocycles. The molecule has 0 aromatic heterocycles. The summed E-state index contributed by atoms with van der Waals surface area (Å²) in [6, 6.07) is -3.70.